The molecule has 0 spiro atoms. The first-order valence-electron chi connectivity index (χ1n) is 5.91. The van der Waals surface area contributed by atoms with Gasteiger partial charge >= 0.3 is 11.8 Å². The molecule has 0 aliphatic heterocycles. The molecule has 6 heteroatoms. The molecule has 0 unspecified atom stereocenters. The van der Waals surface area contributed by atoms with E-state index < -0.39 is 11.8 Å². The van der Waals surface area contributed by atoms with Crippen molar-refractivity contribution < 1.29 is 9.59 Å². The number of amides is 2. The van der Waals surface area contributed by atoms with Crippen LogP contribution in [0.25, 0.3) is 0 Å². The van der Waals surface area contributed by atoms with Crippen molar-refractivity contribution in [3.63, 3.8) is 0 Å². The predicted octanol–water partition coefficient (Wildman–Crippen LogP) is 1.26. The zero-order valence-corrected chi connectivity index (χ0v) is 12.0. The summed E-state index contributed by atoms with van der Waals surface area (Å²) in [4.78, 5) is 25.1. The Bertz CT molecular complexity index is 475. The standard InChI is InChI=1S/C13H18ClN3O2/c1-9-10(14)5-4-6-11(9)16-13(19)12(18)15-7-8-17(2)3/h4-6H,7-8H2,1-3H3,(H,15,18)(H,16,19). The van der Waals surface area contributed by atoms with Crippen molar-refractivity contribution >= 4 is 29.1 Å². The lowest BCUT2D eigenvalue weighted by atomic mass is 10.2. The monoisotopic (exact) mass is 283 g/mol. The van der Waals surface area contributed by atoms with E-state index in [4.69, 9.17) is 11.6 Å². The van der Waals surface area contributed by atoms with Gasteiger partial charge in [0.2, 0.25) is 0 Å². The molecule has 0 aliphatic carbocycles. The molecule has 0 aliphatic rings. The van der Waals surface area contributed by atoms with E-state index in [0.717, 1.165) is 5.56 Å². The minimum absolute atomic E-state index is 0.424. The van der Waals surface area contributed by atoms with Crippen LogP contribution in [0.4, 0.5) is 5.69 Å². The van der Waals surface area contributed by atoms with Crippen LogP contribution in [0.3, 0.4) is 0 Å². The van der Waals surface area contributed by atoms with Crippen molar-refractivity contribution in [3.8, 4) is 0 Å². The van der Waals surface area contributed by atoms with Gasteiger partial charge in [-0.1, -0.05) is 17.7 Å². The van der Waals surface area contributed by atoms with Crippen LogP contribution in [0.15, 0.2) is 18.2 Å². The quantitative estimate of drug-likeness (QED) is 0.818. The smallest absolute Gasteiger partial charge is 0.313 e. The van der Waals surface area contributed by atoms with Crippen molar-refractivity contribution in [2.24, 2.45) is 0 Å². The molecule has 0 heterocycles. The van der Waals surface area contributed by atoms with Gasteiger partial charge in [-0.05, 0) is 38.7 Å². The molecule has 0 bridgehead atoms. The molecule has 0 radical (unpaired) electrons. The van der Waals surface area contributed by atoms with Gasteiger partial charge in [-0.25, -0.2) is 0 Å². The lowest BCUT2D eigenvalue weighted by Crippen LogP contribution is -2.38. The molecule has 5 nitrogen and oxygen atoms in total. The molecule has 0 saturated carbocycles. The highest BCUT2D eigenvalue weighted by molar-refractivity contribution is 6.40. The van der Waals surface area contributed by atoms with Gasteiger partial charge in [0, 0.05) is 23.8 Å². The van der Waals surface area contributed by atoms with Crippen molar-refractivity contribution in [1.82, 2.24) is 10.2 Å². The van der Waals surface area contributed by atoms with Crippen molar-refractivity contribution in [2.75, 3.05) is 32.5 Å². The molecule has 0 fully saturated rings. The molecular weight excluding hydrogens is 266 g/mol. The van der Waals surface area contributed by atoms with Gasteiger partial charge < -0.3 is 15.5 Å². The maximum Gasteiger partial charge on any atom is 0.313 e. The van der Waals surface area contributed by atoms with Crippen LogP contribution in [0.5, 0.6) is 0 Å². The average Bonchev–Trinajstić information content (AvgIpc) is 2.34. The van der Waals surface area contributed by atoms with Gasteiger partial charge in [-0.3, -0.25) is 9.59 Å². The number of hydrogen-bond acceptors (Lipinski definition) is 3. The van der Waals surface area contributed by atoms with E-state index in [0.29, 0.717) is 23.8 Å². The summed E-state index contributed by atoms with van der Waals surface area (Å²) in [7, 11) is 3.78. The molecule has 0 atom stereocenters. The van der Waals surface area contributed by atoms with Gasteiger partial charge in [-0.15, -0.1) is 0 Å². The molecule has 0 aromatic heterocycles. The third-order valence-electron chi connectivity index (χ3n) is 2.57. The Labute approximate surface area is 117 Å². The zero-order valence-electron chi connectivity index (χ0n) is 11.3. The first kappa shape index (κ1) is 15.5. The van der Waals surface area contributed by atoms with E-state index >= 15 is 0 Å². The number of carbonyl (C=O) groups excluding carboxylic acids is 2. The van der Waals surface area contributed by atoms with Crippen molar-refractivity contribution in [3.05, 3.63) is 28.8 Å². The first-order chi connectivity index (χ1) is 8.91. The van der Waals surface area contributed by atoms with Crippen LogP contribution < -0.4 is 10.6 Å². The summed E-state index contributed by atoms with van der Waals surface area (Å²) >= 11 is 5.94. The molecule has 1 aromatic rings. The molecule has 1 aromatic carbocycles. The van der Waals surface area contributed by atoms with Gasteiger partial charge in [0.15, 0.2) is 0 Å². The molecule has 104 valence electrons. The van der Waals surface area contributed by atoms with Gasteiger partial charge in [0.25, 0.3) is 0 Å². The van der Waals surface area contributed by atoms with Crippen LogP contribution in [0, 0.1) is 6.92 Å². The largest absolute Gasteiger partial charge is 0.347 e. The summed E-state index contributed by atoms with van der Waals surface area (Å²) < 4.78 is 0. The maximum absolute atomic E-state index is 11.7. The molecular formula is C13H18ClN3O2. The number of rotatable bonds is 4. The summed E-state index contributed by atoms with van der Waals surface area (Å²) in [5, 5.41) is 5.63. The normalized spacial score (nSPS) is 10.4. The summed E-state index contributed by atoms with van der Waals surface area (Å²) in [6.45, 7) is 2.88. The maximum atomic E-state index is 11.7. The second-order valence-electron chi connectivity index (χ2n) is 4.43. The van der Waals surface area contributed by atoms with Gasteiger partial charge in [0.05, 0.1) is 0 Å². The molecule has 0 saturated heterocycles. The van der Waals surface area contributed by atoms with Crippen LogP contribution in [0.2, 0.25) is 5.02 Å². The number of likely N-dealkylation sites (N-methyl/N-ethyl adjacent to an activating group) is 1. The van der Waals surface area contributed by atoms with E-state index in [1.165, 1.54) is 0 Å². The highest BCUT2D eigenvalue weighted by atomic mass is 35.5. The fourth-order valence-corrected chi connectivity index (χ4v) is 1.57. The van der Waals surface area contributed by atoms with Gasteiger partial charge in [-0.2, -0.15) is 0 Å². The van der Waals surface area contributed by atoms with E-state index in [1.807, 2.05) is 19.0 Å². The predicted molar refractivity (Wildman–Crippen MR) is 76.4 cm³/mol. The van der Waals surface area contributed by atoms with Crippen LogP contribution in [-0.2, 0) is 9.59 Å². The van der Waals surface area contributed by atoms with E-state index in [1.54, 1.807) is 25.1 Å². The number of carbonyl (C=O) groups is 2. The number of halogens is 1. The second-order valence-corrected chi connectivity index (χ2v) is 4.83. The Morgan fingerprint density at radius 1 is 1.26 bits per heavy atom. The Balaban J connectivity index is 2.55. The Morgan fingerprint density at radius 2 is 1.95 bits per heavy atom. The lowest BCUT2D eigenvalue weighted by Gasteiger charge is -2.11. The Kier molecular flexibility index (Phi) is 5.79. The summed E-state index contributed by atoms with van der Waals surface area (Å²) in [6, 6.07) is 5.14. The van der Waals surface area contributed by atoms with Gasteiger partial charge in [0.1, 0.15) is 0 Å². The third-order valence-corrected chi connectivity index (χ3v) is 2.98. The summed E-state index contributed by atoms with van der Waals surface area (Å²) in [5.41, 5.74) is 1.28. The van der Waals surface area contributed by atoms with E-state index in [-0.39, 0.29) is 0 Å². The first-order valence-corrected chi connectivity index (χ1v) is 6.28. The van der Waals surface area contributed by atoms with E-state index in [2.05, 4.69) is 10.6 Å². The van der Waals surface area contributed by atoms with Crippen LogP contribution in [-0.4, -0.2) is 43.9 Å². The summed E-state index contributed by atoms with van der Waals surface area (Å²) in [5.74, 6) is -1.34. The highest BCUT2D eigenvalue weighted by Crippen LogP contribution is 2.22. The van der Waals surface area contributed by atoms with E-state index in [9.17, 15) is 9.59 Å². The Morgan fingerprint density at radius 3 is 2.58 bits per heavy atom. The topological polar surface area (TPSA) is 61.4 Å². The third kappa shape index (κ3) is 4.89. The number of benzene rings is 1. The Hall–Kier alpha value is -1.59. The number of hydrogen-bond donors (Lipinski definition) is 2. The lowest BCUT2D eigenvalue weighted by molar-refractivity contribution is -0.136. The molecule has 1 rings (SSSR count). The minimum Gasteiger partial charge on any atom is -0.347 e. The minimum atomic E-state index is -0.691. The van der Waals surface area contributed by atoms with Crippen molar-refractivity contribution in [1.29, 1.82) is 0 Å². The number of nitrogens with one attached hydrogen (secondary N) is 2. The second kappa shape index (κ2) is 7.11. The van der Waals surface area contributed by atoms with Crippen LogP contribution >= 0.6 is 11.6 Å². The average molecular weight is 284 g/mol. The van der Waals surface area contributed by atoms with Crippen molar-refractivity contribution in [2.45, 2.75) is 6.92 Å². The fraction of sp³-hybridized carbons (Fsp3) is 0.385. The molecule has 2 N–H and O–H groups in total. The SMILES string of the molecule is Cc1c(Cl)cccc1NC(=O)C(=O)NCCN(C)C. The number of nitrogens with zero attached hydrogens (tertiary/aromatic N) is 1. The highest BCUT2D eigenvalue weighted by Gasteiger charge is 2.14. The summed E-state index contributed by atoms with van der Waals surface area (Å²) in [6.07, 6.45) is 0. The fourth-order valence-electron chi connectivity index (χ4n) is 1.40. The molecule has 2 amide bonds. The molecule has 19 heavy (non-hydrogen) atoms. The zero-order chi connectivity index (χ0) is 14.4. The van der Waals surface area contributed by atoms with Crippen LogP contribution in [0.1, 0.15) is 5.56 Å². The number of anilines is 1.